The second kappa shape index (κ2) is 4.20. The monoisotopic (exact) mass is 285 g/mol. The van der Waals surface area contributed by atoms with Crippen molar-refractivity contribution in [1.82, 2.24) is 9.78 Å². The van der Waals surface area contributed by atoms with Crippen molar-refractivity contribution in [2.75, 3.05) is 24.3 Å². The molecule has 1 aliphatic rings. The highest BCUT2D eigenvalue weighted by molar-refractivity contribution is 9.09. The highest BCUT2D eigenvalue weighted by Crippen LogP contribution is 2.48. The molecule has 1 aromatic rings. The Balaban J connectivity index is 2.20. The quantitative estimate of drug-likeness (QED) is 0.787. The van der Waals surface area contributed by atoms with Crippen LogP contribution in [0.4, 0.5) is 5.69 Å². The van der Waals surface area contributed by atoms with E-state index in [1.807, 2.05) is 19.0 Å². The molecule has 0 N–H and O–H groups in total. The van der Waals surface area contributed by atoms with Crippen molar-refractivity contribution in [2.45, 2.75) is 19.4 Å². The summed E-state index contributed by atoms with van der Waals surface area (Å²) in [5.41, 5.74) is 1.11. The Kier molecular flexibility index (Phi) is 3.06. The third kappa shape index (κ3) is 2.29. The number of halogens is 1. The van der Waals surface area contributed by atoms with E-state index in [-0.39, 0.29) is 11.0 Å². The summed E-state index contributed by atoms with van der Waals surface area (Å²) in [6.07, 6.45) is 4.11. The van der Waals surface area contributed by atoms with Crippen molar-refractivity contribution in [1.29, 1.82) is 0 Å². The highest BCUT2D eigenvalue weighted by Gasteiger charge is 2.42. The Morgan fingerprint density at radius 2 is 2.25 bits per heavy atom. The van der Waals surface area contributed by atoms with Crippen molar-refractivity contribution in [3.63, 3.8) is 0 Å². The van der Waals surface area contributed by atoms with Gasteiger partial charge in [0.1, 0.15) is 0 Å². The Hall–Kier alpha value is -0.840. The van der Waals surface area contributed by atoms with Gasteiger partial charge in [0, 0.05) is 25.5 Å². The lowest BCUT2D eigenvalue weighted by Crippen LogP contribution is -2.28. The molecule has 4 nitrogen and oxygen atoms in total. The van der Waals surface area contributed by atoms with Crippen LogP contribution in [0.3, 0.4) is 0 Å². The second-order valence-corrected chi connectivity index (χ2v) is 5.30. The molecule has 5 heteroatoms. The lowest BCUT2D eigenvalue weighted by Gasteiger charge is -2.15. The predicted molar refractivity (Wildman–Crippen MR) is 68.3 cm³/mol. The molecule has 0 atom stereocenters. The molecule has 2 rings (SSSR count). The molecule has 1 saturated carbocycles. The zero-order valence-corrected chi connectivity index (χ0v) is 11.2. The molecule has 16 heavy (non-hydrogen) atoms. The summed E-state index contributed by atoms with van der Waals surface area (Å²) in [7, 11) is 3.81. The summed E-state index contributed by atoms with van der Waals surface area (Å²) in [5, 5.41) is 5.16. The molecule has 0 saturated heterocycles. The maximum Gasteiger partial charge on any atom is 0.268 e. The van der Waals surface area contributed by atoms with E-state index in [0.717, 1.165) is 17.6 Å². The van der Waals surface area contributed by atoms with Crippen LogP contribution in [0.2, 0.25) is 0 Å². The molecule has 0 radical (unpaired) electrons. The van der Waals surface area contributed by atoms with Gasteiger partial charge in [-0.25, -0.2) is 4.68 Å². The van der Waals surface area contributed by atoms with Gasteiger partial charge in [-0.15, -0.1) is 0 Å². The third-order valence-corrected chi connectivity index (χ3v) is 4.29. The van der Waals surface area contributed by atoms with Gasteiger partial charge < -0.3 is 4.90 Å². The molecule has 88 valence electrons. The molecule has 1 aromatic heterocycles. The molecule has 1 fully saturated rings. The zero-order chi connectivity index (χ0) is 11.8. The average molecular weight is 286 g/mol. The summed E-state index contributed by atoms with van der Waals surface area (Å²) < 4.78 is 1.57. The smallest absolute Gasteiger partial charge is 0.268 e. The van der Waals surface area contributed by atoms with Crippen molar-refractivity contribution in [2.24, 2.45) is 5.41 Å². The SMILES string of the molecule is CN(C)c1cnn(CC2(CBr)CC2)c(=O)c1. The minimum Gasteiger partial charge on any atom is -0.376 e. The van der Waals surface area contributed by atoms with Crippen LogP contribution < -0.4 is 10.5 Å². The highest BCUT2D eigenvalue weighted by atomic mass is 79.9. The molecule has 0 aromatic carbocycles. The van der Waals surface area contributed by atoms with Crippen LogP contribution in [0, 0.1) is 5.41 Å². The average Bonchev–Trinajstić information content (AvgIpc) is 3.01. The van der Waals surface area contributed by atoms with E-state index in [0.29, 0.717) is 0 Å². The number of anilines is 1. The van der Waals surface area contributed by atoms with Gasteiger partial charge in [-0.3, -0.25) is 4.79 Å². The van der Waals surface area contributed by atoms with E-state index in [1.54, 1.807) is 16.9 Å². The van der Waals surface area contributed by atoms with E-state index >= 15 is 0 Å². The van der Waals surface area contributed by atoms with Gasteiger partial charge in [0.15, 0.2) is 0 Å². The van der Waals surface area contributed by atoms with Gasteiger partial charge in [-0.1, -0.05) is 15.9 Å². The maximum atomic E-state index is 11.8. The maximum absolute atomic E-state index is 11.8. The van der Waals surface area contributed by atoms with E-state index in [9.17, 15) is 4.79 Å². The van der Waals surface area contributed by atoms with Crippen molar-refractivity contribution < 1.29 is 0 Å². The van der Waals surface area contributed by atoms with E-state index in [1.165, 1.54) is 12.8 Å². The van der Waals surface area contributed by atoms with Crippen LogP contribution in [0.25, 0.3) is 0 Å². The third-order valence-electron chi connectivity index (χ3n) is 3.10. The Labute approximate surface area is 103 Å². The fourth-order valence-electron chi connectivity index (χ4n) is 1.62. The molecule has 1 heterocycles. The minimum absolute atomic E-state index is 0.0153. The first-order chi connectivity index (χ1) is 7.56. The summed E-state index contributed by atoms with van der Waals surface area (Å²) >= 11 is 3.50. The first kappa shape index (κ1) is 11.6. The van der Waals surface area contributed by atoms with Crippen LogP contribution in [-0.2, 0) is 6.54 Å². The van der Waals surface area contributed by atoms with Crippen LogP contribution >= 0.6 is 15.9 Å². The molecule has 0 amide bonds. The van der Waals surface area contributed by atoms with Gasteiger partial charge in [0.25, 0.3) is 5.56 Å². The molecule has 0 bridgehead atoms. The van der Waals surface area contributed by atoms with E-state index < -0.39 is 0 Å². The number of nitrogens with zero attached hydrogens (tertiary/aromatic N) is 3. The summed E-state index contributed by atoms with van der Waals surface area (Å²) in [6.45, 7) is 0.727. The topological polar surface area (TPSA) is 38.1 Å². The molecular formula is C11H16BrN3O. The first-order valence-corrected chi connectivity index (χ1v) is 6.49. The van der Waals surface area contributed by atoms with E-state index in [4.69, 9.17) is 0 Å². The van der Waals surface area contributed by atoms with Gasteiger partial charge >= 0.3 is 0 Å². The van der Waals surface area contributed by atoms with Gasteiger partial charge in [0.05, 0.1) is 18.4 Å². The summed E-state index contributed by atoms with van der Waals surface area (Å²) in [6, 6.07) is 1.64. The number of aromatic nitrogens is 2. The molecule has 0 spiro atoms. The summed E-state index contributed by atoms with van der Waals surface area (Å²) in [5.74, 6) is 0. The minimum atomic E-state index is -0.0153. The van der Waals surface area contributed by atoms with Gasteiger partial charge in [-0.2, -0.15) is 5.10 Å². The van der Waals surface area contributed by atoms with Crippen molar-refractivity contribution in [3.8, 4) is 0 Å². The molecular weight excluding hydrogens is 270 g/mol. The van der Waals surface area contributed by atoms with Crippen molar-refractivity contribution >= 4 is 21.6 Å². The fourth-order valence-corrected chi connectivity index (χ4v) is 2.35. The molecule has 0 unspecified atom stereocenters. The van der Waals surface area contributed by atoms with Crippen molar-refractivity contribution in [3.05, 3.63) is 22.6 Å². The number of alkyl halides is 1. The number of hydrogen-bond donors (Lipinski definition) is 0. The lowest BCUT2D eigenvalue weighted by atomic mass is 10.1. The van der Waals surface area contributed by atoms with Crippen LogP contribution in [-0.4, -0.2) is 29.2 Å². The second-order valence-electron chi connectivity index (χ2n) is 4.74. The molecule has 1 aliphatic carbocycles. The largest absolute Gasteiger partial charge is 0.376 e. The zero-order valence-electron chi connectivity index (χ0n) is 9.61. The Morgan fingerprint density at radius 3 is 2.69 bits per heavy atom. The predicted octanol–water partition coefficient (Wildman–Crippen LogP) is 1.48. The van der Waals surface area contributed by atoms with Crippen LogP contribution in [0.5, 0.6) is 0 Å². The first-order valence-electron chi connectivity index (χ1n) is 5.37. The Morgan fingerprint density at radius 1 is 1.56 bits per heavy atom. The van der Waals surface area contributed by atoms with Crippen LogP contribution in [0.15, 0.2) is 17.1 Å². The fraction of sp³-hybridized carbons (Fsp3) is 0.636. The standard InChI is InChI=1S/C11H16BrN3O/c1-14(2)9-5-10(16)15(13-6-9)8-11(7-12)3-4-11/h5-6H,3-4,7-8H2,1-2H3. The van der Waals surface area contributed by atoms with Gasteiger partial charge in [-0.05, 0) is 18.3 Å². The normalized spacial score (nSPS) is 17.2. The van der Waals surface area contributed by atoms with Crippen LogP contribution in [0.1, 0.15) is 12.8 Å². The number of hydrogen-bond acceptors (Lipinski definition) is 3. The van der Waals surface area contributed by atoms with E-state index in [2.05, 4.69) is 21.0 Å². The van der Waals surface area contributed by atoms with Gasteiger partial charge in [0.2, 0.25) is 0 Å². The Bertz CT molecular complexity index is 437. The number of rotatable bonds is 4. The lowest BCUT2D eigenvalue weighted by molar-refractivity contribution is 0.426. The summed E-state index contributed by atoms with van der Waals surface area (Å²) in [4.78, 5) is 13.7. The molecule has 0 aliphatic heterocycles.